The summed E-state index contributed by atoms with van der Waals surface area (Å²) >= 11 is 0. The maximum absolute atomic E-state index is 14.7. The van der Waals surface area contributed by atoms with Gasteiger partial charge in [0.15, 0.2) is 18.7 Å². The Morgan fingerprint density at radius 3 is 1.84 bits per heavy atom. The third-order valence-electron chi connectivity index (χ3n) is 19.3. The van der Waals surface area contributed by atoms with Crippen molar-refractivity contribution in [3.63, 3.8) is 0 Å². The predicted octanol–water partition coefficient (Wildman–Crippen LogP) is -0.796. The largest absolute Gasteiger partial charge is 0.479 e. The van der Waals surface area contributed by atoms with Crippen LogP contribution in [0.1, 0.15) is 106 Å². The van der Waals surface area contributed by atoms with Gasteiger partial charge in [0.2, 0.25) is 6.29 Å². The highest BCUT2D eigenvalue weighted by molar-refractivity contribution is 5.80. The summed E-state index contributed by atoms with van der Waals surface area (Å²) in [5.41, 5.74) is -2.36. The monoisotopic (exact) mass is 972 g/mol. The zero-order valence-electron chi connectivity index (χ0n) is 40.0. The summed E-state index contributed by atoms with van der Waals surface area (Å²) in [6.07, 6.45) is -20.3. The molecule has 12 N–H and O–H groups in total. The molecule has 0 radical (unpaired) electrons. The molecule has 0 aromatic rings. The number of aliphatic hydroxyl groups is 11. The van der Waals surface area contributed by atoms with Crippen LogP contribution < -0.4 is 0 Å². The molecule has 1 unspecified atom stereocenters. The molecule has 8 rings (SSSR count). The molecule has 0 amide bonds. The Morgan fingerprint density at radius 2 is 1.24 bits per heavy atom. The fourth-order valence-corrected chi connectivity index (χ4v) is 15.1. The number of rotatable bonds is 9. The average Bonchev–Trinajstić information content (AvgIpc) is 3.26. The number of aliphatic hydroxyl groups excluding tert-OH is 11. The van der Waals surface area contributed by atoms with Crippen molar-refractivity contribution in [2.75, 3.05) is 13.2 Å². The number of esters is 1. The molecule has 3 heterocycles. The van der Waals surface area contributed by atoms with Crippen LogP contribution in [0.2, 0.25) is 0 Å². The standard InChI is InChI=1S/C48H76O20/c1-43(2)14-15-48(42(62)68-40-33(57)31(55)29(53)23(19-50)64-40)21(16-43)20-8-9-25-45(5)12-11-27(44(3,4)24(45)10-13-46(25,6)47(20,7)17-26(48)51)65-41-35(59)36(34(58)37(67-41)38(60)61)66-39-32(56)30(54)28(52)22(18-49)63-39/h8,21-37,39-41,49-59H,9-19H2,1-7H3,(H,60,61)/t21-,22+,23+,24?,25+,26-,27-,28-,29+,30-,31-,32+,33+,34-,35+,36-,37-,39-,40-,41+,45-,46+,47+,48+/m0/s1. The van der Waals surface area contributed by atoms with E-state index < -0.39 is 152 Å². The first-order valence-electron chi connectivity index (χ1n) is 24.4. The SMILES string of the molecule is CC1(C)CC[C@]2(C(=O)O[C@@H]3O[C@H](CO)[C@@H](O)[C@H](O)[C@H]3O)[C@@H](O)C[C@]3(C)C(=CC[C@@H]4[C@@]5(C)CC[C@H](O[C@@H]6O[C@H](C(=O)O)[C@@H](O)[C@H](O[C@@H]7O[C@H](CO)[C@H](O)[C@H](O)[C@H]7O)[C@H]6O)C(C)(C)C5CC[C@]43C)[C@@H]2C1. The van der Waals surface area contributed by atoms with E-state index in [9.17, 15) is 70.9 Å². The molecule has 0 spiro atoms. The maximum atomic E-state index is 14.7. The Bertz CT molecular complexity index is 1910. The van der Waals surface area contributed by atoms with Gasteiger partial charge in [0.25, 0.3) is 0 Å². The average molecular weight is 973 g/mol. The predicted molar refractivity (Wildman–Crippen MR) is 232 cm³/mol. The lowest BCUT2D eigenvalue weighted by Gasteiger charge is -2.71. The Hall–Kier alpha value is -1.96. The van der Waals surface area contributed by atoms with Gasteiger partial charge >= 0.3 is 11.9 Å². The summed E-state index contributed by atoms with van der Waals surface area (Å²) in [4.78, 5) is 27.1. The summed E-state index contributed by atoms with van der Waals surface area (Å²) in [6.45, 7) is 13.8. The van der Waals surface area contributed by atoms with E-state index in [1.165, 1.54) is 0 Å². The van der Waals surface area contributed by atoms with Crippen LogP contribution in [0.15, 0.2) is 11.6 Å². The van der Waals surface area contributed by atoms with Crippen molar-refractivity contribution in [2.24, 2.45) is 50.2 Å². The number of hydrogen-bond donors (Lipinski definition) is 12. The Kier molecular flexibility index (Phi) is 14.0. The molecule has 8 aliphatic rings. The number of carbonyl (C=O) groups is 2. The summed E-state index contributed by atoms with van der Waals surface area (Å²) in [6, 6.07) is 0. The molecule has 7 fully saturated rings. The number of aliphatic carboxylic acids is 1. The van der Waals surface area contributed by atoms with E-state index in [4.69, 9.17) is 28.4 Å². The molecule has 0 aromatic heterocycles. The van der Waals surface area contributed by atoms with Crippen LogP contribution in [-0.4, -0.2) is 191 Å². The van der Waals surface area contributed by atoms with E-state index in [2.05, 4.69) is 54.5 Å². The van der Waals surface area contributed by atoms with Gasteiger partial charge in [-0.05, 0) is 103 Å². The van der Waals surface area contributed by atoms with Gasteiger partial charge in [-0.15, -0.1) is 0 Å². The second-order valence-corrected chi connectivity index (χ2v) is 23.6. The summed E-state index contributed by atoms with van der Waals surface area (Å²) < 4.78 is 35.0. The zero-order valence-corrected chi connectivity index (χ0v) is 40.0. The minimum atomic E-state index is -1.99. The van der Waals surface area contributed by atoms with Gasteiger partial charge in [0.05, 0.1) is 25.4 Å². The molecule has 3 saturated heterocycles. The van der Waals surface area contributed by atoms with E-state index in [1.54, 1.807) is 0 Å². The van der Waals surface area contributed by atoms with Crippen LogP contribution in [0.3, 0.4) is 0 Å². The number of fused-ring (bicyclic) bond motifs is 7. The van der Waals surface area contributed by atoms with Crippen molar-refractivity contribution in [2.45, 2.75) is 211 Å². The highest BCUT2D eigenvalue weighted by atomic mass is 16.7. The number of allylic oxidation sites excluding steroid dienone is 2. The third kappa shape index (κ3) is 7.94. The molecule has 24 atom stereocenters. The van der Waals surface area contributed by atoms with Gasteiger partial charge in [0, 0.05) is 0 Å². The molecule has 5 aliphatic carbocycles. The molecule has 0 bridgehead atoms. The van der Waals surface area contributed by atoms with E-state index in [0.29, 0.717) is 38.5 Å². The number of carboxylic acids is 1. The Morgan fingerprint density at radius 1 is 0.647 bits per heavy atom. The topological polar surface area (TPSA) is 332 Å². The maximum Gasteiger partial charge on any atom is 0.335 e. The Labute approximate surface area is 396 Å². The van der Waals surface area contributed by atoms with Gasteiger partial charge in [-0.3, -0.25) is 4.79 Å². The summed E-state index contributed by atoms with van der Waals surface area (Å²) in [5.74, 6) is -2.65. The molecular formula is C48H76O20. The second kappa shape index (κ2) is 18.2. The number of carboxylic acid groups (broad SMARTS) is 1. The van der Waals surface area contributed by atoms with Crippen molar-refractivity contribution in [3.05, 3.63) is 11.6 Å². The molecule has 3 aliphatic heterocycles. The van der Waals surface area contributed by atoms with E-state index in [0.717, 1.165) is 18.4 Å². The Balaban J connectivity index is 1.04. The molecule has 4 saturated carbocycles. The molecule has 68 heavy (non-hydrogen) atoms. The molecular weight excluding hydrogens is 897 g/mol. The van der Waals surface area contributed by atoms with Gasteiger partial charge in [0.1, 0.15) is 72.6 Å². The lowest BCUT2D eigenvalue weighted by Crippen LogP contribution is -2.68. The highest BCUT2D eigenvalue weighted by Crippen LogP contribution is 2.76. The first kappa shape index (κ1) is 52.4. The first-order valence-corrected chi connectivity index (χ1v) is 24.4. The van der Waals surface area contributed by atoms with E-state index in [-0.39, 0.29) is 34.5 Å². The van der Waals surface area contributed by atoms with Crippen LogP contribution in [0.25, 0.3) is 0 Å². The smallest absolute Gasteiger partial charge is 0.335 e. The fourth-order valence-electron chi connectivity index (χ4n) is 15.1. The normalized spacial score (nSPS) is 53.1. The first-order chi connectivity index (χ1) is 31.6. The zero-order chi connectivity index (χ0) is 50.0. The lowest BCUT2D eigenvalue weighted by atomic mass is 9.33. The minimum absolute atomic E-state index is 0.0304. The number of hydrogen-bond acceptors (Lipinski definition) is 19. The highest BCUT2D eigenvalue weighted by Gasteiger charge is 2.72. The number of carbonyl (C=O) groups excluding carboxylic acids is 1. The third-order valence-corrected chi connectivity index (χ3v) is 19.3. The molecule has 20 heteroatoms. The minimum Gasteiger partial charge on any atom is -0.479 e. The molecule has 20 nitrogen and oxygen atoms in total. The summed E-state index contributed by atoms with van der Waals surface area (Å²) in [7, 11) is 0. The quantitative estimate of drug-likeness (QED) is 0.0765. The number of ether oxygens (including phenoxy) is 6. The van der Waals surface area contributed by atoms with Gasteiger partial charge < -0.3 is 89.7 Å². The fraction of sp³-hybridized carbons (Fsp3) is 0.917. The van der Waals surface area contributed by atoms with E-state index >= 15 is 0 Å². The van der Waals surface area contributed by atoms with Crippen molar-refractivity contribution in [3.8, 4) is 0 Å². The molecule has 388 valence electrons. The van der Waals surface area contributed by atoms with Crippen molar-refractivity contribution in [1.29, 1.82) is 0 Å². The van der Waals surface area contributed by atoms with Crippen LogP contribution in [0.5, 0.6) is 0 Å². The molecule has 0 aromatic carbocycles. The lowest BCUT2D eigenvalue weighted by molar-refractivity contribution is -0.365. The van der Waals surface area contributed by atoms with Crippen molar-refractivity contribution >= 4 is 11.9 Å². The van der Waals surface area contributed by atoms with Crippen molar-refractivity contribution < 1.29 is 99.3 Å². The van der Waals surface area contributed by atoms with Crippen LogP contribution in [0, 0.1) is 50.2 Å². The second-order valence-electron chi connectivity index (χ2n) is 23.6. The van der Waals surface area contributed by atoms with Gasteiger partial charge in [-0.1, -0.05) is 60.1 Å². The van der Waals surface area contributed by atoms with Crippen LogP contribution >= 0.6 is 0 Å². The van der Waals surface area contributed by atoms with Crippen LogP contribution in [-0.2, 0) is 38.0 Å². The van der Waals surface area contributed by atoms with Crippen LogP contribution in [0.4, 0.5) is 0 Å². The van der Waals surface area contributed by atoms with Crippen molar-refractivity contribution in [1.82, 2.24) is 0 Å². The van der Waals surface area contributed by atoms with Gasteiger partial charge in [-0.2, -0.15) is 0 Å². The van der Waals surface area contributed by atoms with E-state index in [1.807, 2.05) is 0 Å². The van der Waals surface area contributed by atoms with Gasteiger partial charge in [-0.25, -0.2) is 4.79 Å². The summed E-state index contributed by atoms with van der Waals surface area (Å²) in [5, 5.41) is 128.